The Morgan fingerprint density at radius 2 is 1.53 bits per heavy atom. The van der Waals surface area contributed by atoms with Gasteiger partial charge in [0.05, 0.1) is 0 Å². The Kier molecular flexibility index (Phi) is 4.13. The van der Waals surface area contributed by atoms with E-state index < -0.39 is 0 Å². The molecule has 3 aromatic rings. The zero-order valence-corrected chi connectivity index (χ0v) is 14.6. The van der Waals surface area contributed by atoms with Gasteiger partial charge >= 0.3 is 138 Å². The summed E-state index contributed by atoms with van der Waals surface area (Å²) in [4.78, 5) is 2.36. The van der Waals surface area contributed by atoms with E-state index >= 15 is 0 Å². The Morgan fingerprint density at radius 3 is 2.21 bits per heavy atom. The molecule has 94 valence electrons. The van der Waals surface area contributed by atoms with Crippen molar-refractivity contribution in [2.24, 2.45) is 0 Å². The van der Waals surface area contributed by atoms with Crippen molar-refractivity contribution < 1.29 is 0 Å². The van der Waals surface area contributed by atoms with Crippen LogP contribution in [0.3, 0.4) is 0 Å². The van der Waals surface area contributed by atoms with E-state index in [4.69, 9.17) is 11.6 Å². The van der Waals surface area contributed by atoms with Gasteiger partial charge in [0.25, 0.3) is 0 Å². The van der Waals surface area contributed by atoms with Crippen LogP contribution < -0.4 is 0 Å². The van der Waals surface area contributed by atoms with Crippen molar-refractivity contribution in [3.63, 3.8) is 0 Å². The zero-order valence-electron chi connectivity index (χ0n) is 9.94. The summed E-state index contributed by atoms with van der Waals surface area (Å²) in [5, 5.41) is 0.787. The van der Waals surface area contributed by atoms with Gasteiger partial charge in [-0.2, -0.15) is 0 Å². The first-order valence-corrected chi connectivity index (χ1v) is 9.14. The van der Waals surface area contributed by atoms with Gasteiger partial charge in [0.2, 0.25) is 0 Å². The van der Waals surface area contributed by atoms with Crippen molar-refractivity contribution in [1.29, 1.82) is 0 Å². The molecular weight excluding hydrogens is 433 g/mol. The summed E-state index contributed by atoms with van der Waals surface area (Å²) in [7, 11) is 0. The molecule has 0 radical (unpaired) electrons. The zero-order chi connectivity index (χ0) is 13.2. The summed E-state index contributed by atoms with van der Waals surface area (Å²) < 4.78 is 2.84. The van der Waals surface area contributed by atoms with Gasteiger partial charge in [0.15, 0.2) is 0 Å². The van der Waals surface area contributed by atoms with E-state index in [0.29, 0.717) is 14.5 Å². The third kappa shape index (κ3) is 2.82. The molecule has 0 N–H and O–H groups in total. The van der Waals surface area contributed by atoms with Gasteiger partial charge in [0.1, 0.15) is 0 Å². The molecule has 2 aromatic carbocycles. The first-order chi connectivity index (χ1) is 9.25. The van der Waals surface area contributed by atoms with E-state index in [1.165, 1.54) is 24.7 Å². The summed E-state index contributed by atoms with van der Waals surface area (Å²) in [5.41, 5.74) is 3.94. The molecule has 0 fully saturated rings. The van der Waals surface area contributed by atoms with Gasteiger partial charge in [-0.15, -0.1) is 0 Å². The number of hydrogen-bond acceptors (Lipinski definition) is 0. The molecule has 3 heteroatoms. The average molecular weight is 444 g/mol. The van der Waals surface area contributed by atoms with Crippen molar-refractivity contribution >= 4 is 48.7 Å². The Hall–Kier alpha value is -0.541. The van der Waals surface area contributed by atoms with Crippen LogP contribution in [0.2, 0.25) is 5.02 Å². The summed E-state index contributed by atoms with van der Waals surface area (Å²) in [6, 6.07) is 18.7. The summed E-state index contributed by atoms with van der Waals surface area (Å²) in [5.74, 6) is 0. The monoisotopic (exact) mass is 444 g/mol. The molecule has 0 saturated heterocycles. The predicted molar refractivity (Wildman–Crippen MR) is 92.0 cm³/mol. The van der Waals surface area contributed by atoms with Crippen LogP contribution in [0.4, 0.5) is 0 Å². The number of halogens is 2. The van der Waals surface area contributed by atoms with Gasteiger partial charge in [0, 0.05) is 0 Å². The van der Waals surface area contributed by atoms with Crippen molar-refractivity contribution in [1.82, 2.24) is 0 Å². The molecule has 0 unspecified atom stereocenters. The quantitative estimate of drug-likeness (QED) is 0.371. The Labute approximate surface area is 137 Å². The van der Waals surface area contributed by atoms with Gasteiger partial charge < -0.3 is 0 Å². The van der Waals surface area contributed by atoms with Crippen LogP contribution in [0.1, 0.15) is 0 Å². The fourth-order valence-corrected chi connectivity index (χ4v) is 6.04. The molecule has 0 saturated carbocycles. The Bertz CT molecular complexity index is 687. The first kappa shape index (κ1) is 13.4. The molecular formula is C16H10ClISe. The first-order valence-electron chi connectivity index (χ1n) is 5.84. The van der Waals surface area contributed by atoms with Crippen LogP contribution in [-0.2, 0) is 0 Å². The number of hydrogen-bond donors (Lipinski definition) is 0. The molecule has 0 spiro atoms. The third-order valence-corrected chi connectivity index (χ3v) is 7.28. The molecule has 1 heterocycles. The van der Waals surface area contributed by atoms with Crippen LogP contribution >= 0.6 is 34.2 Å². The number of benzene rings is 2. The predicted octanol–water partition coefficient (Wildman–Crippen LogP) is 5.34. The van der Waals surface area contributed by atoms with E-state index in [2.05, 4.69) is 70.0 Å². The van der Waals surface area contributed by atoms with E-state index in [0.717, 1.165) is 5.02 Å². The average Bonchev–Trinajstić information content (AvgIpc) is 2.83. The van der Waals surface area contributed by atoms with Gasteiger partial charge in [-0.05, 0) is 0 Å². The standard InChI is InChI=1S/C16H10ClISe/c17-13-8-6-11(7-9-13)14-10-19-16(15(14)18)12-4-2-1-3-5-12/h1-10H. The van der Waals surface area contributed by atoms with E-state index in [9.17, 15) is 0 Å². The van der Waals surface area contributed by atoms with Crippen LogP contribution in [0.5, 0.6) is 0 Å². The molecule has 3 rings (SSSR count). The van der Waals surface area contributed by atoms with Crippen LogP contribution in [0, 0.1) is 3.57 Å². The van der Waals surface area contributed by atoms with E-state index in [-0.39, 0.29) is 0 Å². The van der Waals surface area contributed by atoms with Crippen molar-refractivity contribution in [2.75, 3.05) is 0 Å². The molecule has 0 aliphatic carbocycles. The second-order valence-electron chi connectivity index (χ2n) is 4.17. The van der Waals surface area contributed by atoms with Gasteiger partial charge in [-0.25, -0.2) is 0 Å². The molecule has 0 atom stereocenters. The third-order valence-electron chi connectivity index (χ3n) is 2.92. The fourth-order valence-electron chi connectivity index (χ4n) is 1.95. The minimum atomic E-state index is 0.410. The minimum absolute atomic E-state index is 0.410. The fraction of sp³-hybridized carbons (Fsp3) is 0. The maximum absolute atomic E-state index is 5.95. The molecule has 0 aliphatic heterocycles. The van der Waals surface area contributed by atoms with Crippen molar-refractivity contribution in [3.05, 3.63) is 68.1 Å². The van der Waals surface area contributed by atoms with E-state index in [1.807, 2.05) is 12.1 Å². The number of rotatable bonds is 2. The molecule has 1 aromatic heterocycles. The Balaban J connectivity index is 2.06. The summed E-state index contributed by atoms with van der Waals surface area (Å²) >= 11 is 8.83. The van der Waals surface area contributed by atoms with Crippen LogP contribution in [-0.4, -0.2) is 14.5 Å². The molecule has 19 heavy (non-hydrogen) atoms. The second-order valence-corrected chi connectivity index (χ2v) is 7.53. The SMILES string of the molecule is Clc1ccc(-c2c[se]c(-c3ccccc3)c2I)cc1. The molecule has 0 nitrogen and oxygen atoms in total. The summed E-state index contributed by atoms with van der Waals surface area (Å²) in [6.45, 7) is 0. The second kappa shape index (κ2) is 5.84. The van der Waals surface area contributed by atoms with E-state index in [1.54, 1.807) is 0 Å². The molecule has 0 amide bonds. The normalized spacial score (nSPS) is 10.6. The molecule has 0 aliphatic rings. The maximum atomic E-state index is 5.95. The van der Waals surface area contributed by atoms with Gasteiger partial charge in [-0.1, -0.05) is 0 Å². The van der Waals surface area contributed by atoms with Crippen LogP contribution in [0.25, 0.3) is 21.1 Å². The Morgan fingerprint density at radius 1 is 0.842 bits per heavy atom. The van der Waals surface area contributed by atoms with Gasteiger partial charge in [-0.3, -0.25) is 0 Å². The molecule has 0 bridgehead atoms. The van der Waals surface area contributed by atoms with Crippen molar-refractivity contribution in [3.8, 4) is 21.1 Å². The van der Waals surface area contributed by atoms with Crippen molar-refractivity contribution in [2.45, 2.75) is 0 Å². The van der Waals surface area contributed by atoms with Crippen LogP contribution in [0.15, 0.2) is 59.5 Å². The topological polar surface area (TPSA) is 0 Å². The summed E-state index contributed by atoms with van der Waals surface area (Å²) in [6.07, 6.45) is 0.